The van der Waals surface area contributed by atoms with Gasteiger partial charge in [0.2, 0.25) is 0 Å². The first kappa shape index (κ1) is 18.4. The van der Waals surface area contributed by atoms with Crippen LogP contribution in [0.5, 0.6) is 0 Å². The predicted molar refractivity (Wildman–Crippen MR) is 99.0 cm³/mol. The number of rotatable bonds is 7. The van der Waals surface area contributed by atoms with Crippen LogP contribution in [-0.2, 0) is 12.8 Å². The minimum atomic E-state index is 0.306. The fourth-order valence-corrected chi connectivity index (χ4v) is 3.54. The van der Waals surface area contributed by atoms with Crippen molar-refractivity contribution < 1.29 is 4.52 Å². The van der Waals surface area contributed by atoms with Crippen molar-refractivity contribution in [3.8, 4) is 0 Å². The third-order valence-electron chi connectivity index (χ3n) is 3.96. The summed E-state index contributed by atoms with van der Waals surface area (Å²) in [5.41, 5.74) is 2.13. The number of hydrogen-bond acceptors (Lipinski definition) is 5. The zero-order valence-electron chi connectivity index (χ0n) is 15.1. The molecule has 2 rings (SSSR count). The number of guanidine groups is 1. The van der Waals surface area contributed by atoms with Gasteiger partial charge >= 0.3 is 0 Å². The summed E-state index contributed by atoms with van der Waals surface area (Å²) in [5, 5.41) is 11.9. The van der Waals surface area contributed by atoms with Crippen LogP contribution in [0.2, 0.25) is 0 Å². The lowest BCUT2D eigenvalue weighted by Crippen LogP contribution is -2.40. The first-order chi connectivity index (χ1) is 11.5. The van der Waals surface area contributed by atoms with Gasteiger partial charge in [0, 0.05) is 49.1 Å². The maximum atomic E-state index is 5.25. The van der Waals surface area contributed by atoms with E-state index in [-0.39, 0.29) is 0 Å². The van der Waals surface area contributed by atoms with Gasteiger partial charge in [0.05, 0.1) is 10.7 Å². The number of nitrogens with one attached hydrogen (secondary N) is 2. The molecule has 0 saturated heterocycles. The van der Waals surface area contributed by atoms with Gasteiger partial charge in [0.15, 0.2) is 5.96 Å². The highest BCUT2D eigenvalue weighted by molar-refractivity contribution is 7.11. The third-order valence-corrected chi connectivity index (χ3v) is 5.16. The number of thiazole rings is 1. The average Bonchev–Trinajstić information content (AvgIpc) is 3.17. The Morgan fingerprint density at radius 3 is 2.75 bits per heavy atom. The summed E-state index contributed by atoms with van der Waals surface area (Å²) in [5.74, 6) is 2.00. The Labute approximate surface area is 147 Å². The van der Waals surface area contributed by atoms with Gasteiger partial charge in [0.25, 0.3) is 0 Å². The molecule has 2 N–H and O–H groups in total. The lowest BCUT2D eigenvalue weighted by Gasteiger charge is -2.15. The Morgan fingerprint density at radius 1 is 1.38 bits per heavy atom. The molecule has 0 fully saturated rings. The smallest absolute Gasteiger partial charge is 0.191 e. The maximum Gasteiger partial charge on any atom is 0.191 e. The number of hydrogen-bond donors (Lipinski definition) is 2. The molecule has 2 aromatic rings. The zero-order valence-corrected chi connectivity index (χ0v) is 16.0. The van der Waals surface area contributed by atoms with E-state index in [2.05, 4.69) is 39.6 Å². The summed E-state index contributed by atoms with van der Waals surface area (Å²) in [6.45, 7) is 9.84. The van der Waals surface area contributed by atoms with Gasteiger partial charge in [0.1, 0.15) is 5.76 Å². The maximum absolute atomic E-state index is 5.25. The molecule has 2 aromatic heterocycles. The average molecular weight is 350 g/mol. The van der Waals surface area contributed by atoms with Crippen LogP contribution in [0.4, 0.5) is 0 Å². The van der Waals surface area contributed by atoms with E-state index in [4.69, 9.17) is 4.52 Å². The Bertz CT molecular complexity index is 657. The van der Waals surface area contributed by atoms with Gasteiger partial charge in [-0.25, -0.2) is 4.98 Å². The molecule has 7 heteroatoms. The second kappa shape index (κ2) is 8.82. The van der Waals surface area contributed by atoms with E-state index in [1.807, 2.05) is 20.0 Å². The van der Waals surface area contributed by atoms with Gasteiger partial charge in [-0.2, -0.15) is 0 Å². The molecule has 0 aliphatic heterocycles. The molecule has 1 unspecified atom stereocenters. The largest absolute Gasteiger partial charge is 0.361 e. The summed E-state index contributed by atoms with van der Waals surface area (Å²) in [6.07, 6.45) is 3.93. The lowest BCUT2D eigenvalue weighted by atomic mass is 10.00. The molecule has 132 valence electrons. The van der Waals surface area contributed by atoms with Crippen molar-refractivity contribution in [2.24, 2.45) is 4.99 Å². The summed E-state index contributed by atoms with van der Waals surface area (Å²) in [6, 6.07) is 0. The highest BCUT2D eigenvalue weighted by Gasteiger charge is 2.16. The summed E-state index contributed by atoms with van der Waals surface area (Å²) < 4.78 is 5.25. The predicted octanol–water partition coefficient (Wildman–Crippen LogP) is 2.82. The summed E-state index contributed by atoms with van der Waals surface area (Å²) in [4.78, 5) is 10.0. The van der Waals surface area contributed by atoms with E-state index in [9.17, 15) is 0 Å². The first-order valence-corrected chi connectivity index (χ1v) is 9.17. The minimum absolute atomic E-state index is 0.306. The van der Waals surface area contributed by atoms with E-state index in [1.165, 1.54) is 15.4 Å². The molecule has 0 aliphatic rings. The fraction of sp³-hybridized carbons (Fsp3) is 0.588. The molecule has 0 aromatic carbocycles. The Kier molecular flexibility index (Phi) is 6.78. The summed E-state index contributed by atoms with van der Waals surface area (Å²) >= 11 is 1.78. The molecule has 0 radical (unpaired) electrons. The molecule has 0 amide bonds. The number of aliphatic imine (C=N–C) groups is 1. The van der Waals surface area contributed by atoms with Crippen molar-refractivity contribution in [3.05, 3.63) is 33.1 Å². The molecule has 6 nitrogen and oxygen atoms in total. The van der Waals surface area contributed by atoms with Crippen LogP contribution in [0.1, 0.15) is 46.7 Å². The number of aryl methyl sites for hydroxylation is 3. The molecule has 2 heterocycles. The Morgan fingerprint density at radius 2 is 2.17 bits per heavy atom. The highest BCUT2D eigenvalue weighted by atomic mass is 32.1. The zero-order chi connectivity index (χ0) is 17.5. The van der Waals surface area contributed by atoms with Gasteiger partial charge in [-0.05, 0) is 20.3 Å². The second-order valence-electron chi connectivity index (χ2n) is 5.84. The number of aromatic nitrogens is 2. The minimum Gasteiger partial charge on any atom is -0.361 e. The van der Waals surface area contributed by atoms with Crippen molar-refractivity contribution in [3.63, 3.8) is 0 Å². The van der Waals surface area contributed by atoms with Gasteiger partial charge in [-0.1, -0.05) is 19.0 Å². The van der Waals surface area contributed by atoms with Crippen LogP contribution in [0, 0.1) is 13.8 Å². The van der Waals surface area contributed by atoms with Gasteiger partial charge in [-0.15, -0.1) is 11.3 Å². The standard InChI is InChI=1S/C17H27N5OS/c1-6-14-10-20-15(24-14)7-8-19-17(18-5)21-9-11(2)16-12(3)22-23-13(16)4/h10-11H,6-9H2,1-5H3,(H2,18,19,21). The van der Waals surface area contributed by atoms with Crippen molar-refractivity contribution in [1.82, 2.24) is 20.8 Å². The normalized spacial score (nSPS) is 13.1. The van der Waals surface area contributed by atoms with Crippen molar-refractivity contribution >= 4 is 17.3 Å². The van der Waals surface area contributed by atoms with Crippen LogP contribution in [0.3, 0.4) is 0 Å². The molecule has 1 atom stereocenters. The summed E-state index contributed by atoms with van der Waals surface area (Å²) in [7, 11) is 1.79. The van der Waals surface area contributed by atoms with Crippen molar-refractivity contribution in [1.29, 1.82) is 0 Å². The van der Waals surface area contributed by atoms with Crippen molar-refractivity contribution in [2.75, 3.05) is 20.1 Å². The second-order valence-corrected chi connectivity index (χ2v) is 7.04. The van der Waals surface area contributed by atoms with E-state index in [1.54, 1.807) is 18.4 Å². The monoisotopic (exact) mass is 349 g/mol. The van der Waals surface area contributed by atoms with E-state index in [0.29, 0.717) is 5.92 Å². The van der Waals surface area contributed by atoms with Gasteiger partial charge in [-0.3, -0.25) is 4.99 Å². The van der Waals surface area contributed by atoms with Crippen LogP contribution in [-0.4, -0.2) is 36.2 Å². The molecule has 0 spiro atoms. The quantitative estimate of drug-likeness (QED) is 0.594. The molecular formula is C17H27N5OS. The third kappa shape index (κ3) is 4.80. The SMILES string of the molecule is CCc1cnc(CCNC(=NC)NCC(C)c2c(C)noc2C)s1. The molecule has 0 bridgehead atoms. The van der Waals surface area contributed by atoms with Crippen LogP contribution in [0.25, 0.3) is 0 Å². The Hall–Kier alpha value is -1.89. The van der Waals surface area contributed by atoms with Gasteiger partial charge < -0.3 is 15.2 Å². The molecule has 0 saturated carbocycles. The first-order valence-electron chi connectivity index (χ1n) is 8.36. The van der Waals surface area contributed by atoms with E-state index < -0.39 is 0 Å². The number of nitrogens with zero attached hydrogens (tertiary/aromatic N) is 3. The van der Waals surface area contributed by atoms with Crippen molar-refractivity contribution in [2.45, 2.75) is 46.5 Å². The highest BCUT2D eigenvalue weighted by Crippen LogP contribution is 2.22. The fourth-order valence-electron chi connectivity index (χ4n) is 2.68. The van der Waals surface area contributed by atoms with E-state index >= 15 is 0 Å². The molecule has 24 heavy (non-hydrogen) atoms. The van der Waals surface area contributed by atoms with E-state index in [0.717, 1.165) is 43.3 Å². The molecular weight excluding hydrogens is 322 g/mol. The van der Waals surface area contributed by atoms with Crippen LogP contribution >= 0.6 is 11.3 Å². The molecule has 0 aliphatic carbocycles. The lowest BCUT2D eigenvalue weighted by molar-refractivity contribution is 0.391. The van der Waals surface area contributed by atoms with Crippen LogP contribution in [0.15, 0.2) is 15.7 Å². The van der Waals surface area contributed by atoms with Crippen LogP contribution < -0.4 is 10.6 Å². The Balaban J connectivity index is 1.78. The topological polar surface area (TPSA) is 75.3 Å².